The summed E-state index contributed by atoms with van der Waals surface area (Å²) in [6.45, 7) is 0. The van der Waals surface area contributed by atoms with Crippen LogP contribution in [0.15, 0.2) is 36.4 Å². The number of rotatable bonds is 4. The van der Waals surface area contributed by atoms with E-state index in [-0.39, 0.29) is 22.7 Å². The highest BCUT2D eigenvalue weighted by Crippen LogP contribution is 2.31. The van der Waals surface area contributed by atoms with Crippen LogP contribution in [0.25, 0.3) is 0 Å². The van der Waals surface area contributed by atoms with Crippen LogP contribution in [0.4, 0.5) is 10.1 Å². The van der Waals surface area contributed by atoms with Crippen molar-refractivity contribution < 1.29 is 23.8 Å². The molecule has 0 spiro atoms. The number of carboxylic acids is 1. The number of primary amides is 1. The first-order valence-corrected chi connectivity index (χ1v) is 5.79. The van der Waals surface area contributed by atoms with Gasteiger partial charge in [-0.15, -0.1) is 0 Å². The molecule has 5 N–H and O–H groups in total. The maximum Gasteiger partial charge on any atom is 0.335 e. The molecule has 0 atom stereocenters. The summed E-state index contributed by atoms with van der Waals surface area (Å²) in [5, 5.41) is 8.92. The van der Waals surface area contributed by atoms with Crippen molar-refractivity contribution in [3.63, 3.8) is 0 Å². The largest absolute Gasteiger partial charge is 0.478 e. The van der Waals surface area contributed by atoms with Gasteiger partial charge in [-0.1, -0.05) is 6.07 Å². The van der Waals surface area contributed by atoms with Crippen molar-refractivity contribution in [2.45, 2.75) is 0 Å². The highest BCUT2D eigenvalue weighted by Gasteiger charge is 2.17. The molecule has 7 heteroatoms. The topological polar surface area (TPSA) is 116 Å². The molecule has 0 fully saturated rings. The molecule has 21 heavy (non-hydrogen) atoms. The summed E-state index contributed by atoms with van der Waals surface area (Å²) in [6, 6.07) is 7.52. The SMILES string of the molecule is NC(=O)c1c(F)cccc1Oc1cc(C(=O)O)ccc1N. The molecule has 2 aromatic rings. The van der Waals surface area contributed by atoms with Gasteiger partial charge >= 0.3 is 5.97 Å². The number of anilines is 1. The number of benzene rings is 2. The second kappa shape index (κ2) is 5.49. The van der Waals surface area contributed by atoms with Crippen LogP contribution in [-0.2, 0) is 0 Å². The number of aromatic carboxylic acids is 1. The first-order chi connectivity index (χ1) is 9.90. The highest BCUT2D eigenvalue weighted by atomic mass is 19.1. The maximum absolute atomic E-state index is 13.6. The molecule has 0 unspecified atom stereocenters. The maximum atomic E-state index is 13.6. The van der Waals surface area contributed by atoms with E-state index >= 15 is 0 Å². The average Bonchev–Trinajstić information content (AvgIpc) is 2.40. The van der Waals surface area contributed by atoms with Crippen molar-refractivity contribution in [2.75, 3.05) is 5.73 Å². The summed E-state index contributed by atoms with van der Waals surface area (Å²) in [5.74, 6) is -3.17. The minimum absolute atomic E-state index is 0.0111. The molecule has 0 aliphatic rings. The van der Waals surface area contributed by atoms with E-state index in [1.165, 1.54) is 30.3 Å². The molecule has 0 saturated carbocycles. The zero-order chi connectivity index (χ0) is 15.6. The molecular weight excluding hydrogens is 279 g/mol. The molecule has 0 aliphatic heterocycles. The Morgan fingerprint density at radius 3 is 2.48 bits per heavy atom. The molecule has 1 amide bonds. The normalized spacial score (nSPS) is 10.1. The first kappa shape index (κ1) is 14.3. The van der Waals surface area contributed by atoms with Crippen molar-refractivity contribution in [2.24, 2.45) is 5.73 Å². The van der Waals surface area contributed by atoms with Crippen LogP contribution < -0.4 is 16.2 Å². The molecule has 0 bridgehead atoms. The predicted molar refractivity (Wildman–Crippen MR) is 72.8 cm³/mol. The Morgan fingerprint density at radius 2 is 1.86 bits per heavy atom. The van der Waals surface area contributed by atoms with Crippen molar-refractivity contribution in [3.05, 3.63) is 53.3 Å². The highest BCUT2D eigenvalue weighted by molar-refractivity contribution is 5.96. The number of carbonyl (C=O) groups excluding carboxylic acids is 1. The Bertz CT molecular complexity index is 731. The fourth-order valence-electron chi connectivity index (χ4n) is 1.70. The van der Waals surface area contributed by atoms with E-state index in [2.05, 4.69) is 0 Å². The summed E-state index contributed by atoms with van der Waals surface area (Å²) >= 11 is 0. The Labute approximate surface area is 118 Å². The molecule has 0 aromatic heterocycles. The summed E-state index contributed by atoms with van der Waals surface area (Å²) in [6.07, 6.45) is 0. The van der Waals surface area contributed by atoms with Crippen LogP contribution in [0.2, 0.25) is 0 Å². The van der Waals surface area contributed by atoms with Gasteiger partial charge in [-0.3, -0.25) is 4.79 Å². The number of ether oxygens (including phenoxy) is 1. The zero-order valence-electron chi connectivity index (χ0n) is 10.7. The number of hydrogen-bond donors (Lipinski definition) is 3. The molecule has 108 valence electrons. The number of hydrogen-bond acceptors (Lipinski definition) is 4. The third-order valence-corrected chi connectivity index (χ3v) is 2.70. The first-order valence-electron chi connectivity index (χ1n) is 5.79. The minimum atomic E-state index is -1.17. The molecule has 6 nitrogen and oxygen atoms in total. The number of carboxylic acid groups (broad SMARTS) is 1. The molecule has 0 heterocycles. The van der Waals surface area contributed by atoms with Gasteiger partial charge in [-0.2, -0.15) is 0 Å². The quantitative estimate of drug-likeness (QED) is 0.745. The van der Waals surface area contributed by atoms with Crippen LogP contribution >= 0.6 is 0 Å². The Hall–Kier alpha value is -3.09. The summed E-state index contributed by atoms with van der Waals surface area (Å²) < 4.78 is 18.9. The van der Waals surface area contributed by atoms with E-state index in [4.69, 9.17) is 21.3 Å². The Kier molecular flexibility index (Phi) is 3.75. The number of amides is 1. The van der Waals surface area contributed by atoms with Crippen LogP contribution in [0, 0.1) is 5.82 Å². The van der Waals surface area contributed by atoms with E-state index in [1.54, 1.807) is 0 Å². The second-order valence-electron chi connectivity index (χ2n) is 4.14. The van der Waals surface area contributed by atoms with E-state index in [1.807, 2.05) is 0 Å². The van der Waals surface area contributed by atoms with Gasteiger partial charge < -0.3 is 21.3 Å². The lowest BCUT2D eigenvalue weighted by Crippen LogP contribution is -2.14. The lowest BCUT2D eigenvalue weighted by Gasteiger charge is -2.12. The Morgan fingerprint density at radius 1 is 1.14 bits per heavy atom. The van der Waals surface area contributed by atoms with Crippen LogP contribution in [0.1, 0.15) is 20.7 Å². The standard InChI is InChI=1S/C14H11FN2O4/c15-8-2-1-3-10(12(8)13(17)18)21-11-6-7(14(19)20)4-5-9(11)16/h1-6H,16H2,(H2,17,18)(H,19,20). The van der Waals surface area contributed by atoms with Gasteiger partial charge in [0.15, 0.2) is 5.75 Å². The van der Waals surface area contributed by atoms with Gasteiger partial charge in [0.2, 0.25) is 0 Å². The third kappa shape index (κ3) is 2.92. The van der Waals surface area contributed by atoms with Gasteiger partial charge in [-0.05, 0) is 30.3 Å². The molecular formula is C14H11FN2O4. The zero-order valence-corrected chi connectivity index (χ0v) is 10.7. The average molecular weight is 290 g/mol. The lowest BCUT2D eigenvalue weighted by molar-refractivity contribution is 0.0696. The fraction of sp³-hybridized carbons (Fsp3) is 0. The van der Waals surface area contributed by atoms with Gasteiger partial charge in [-0.25, -0.2) is 9.18 Å². The van der Waals surface area contributed by atoms with Crippen LogP contribution in [0.3, 0.4) is 0 Å². The molecule has 2 aromatic carbocycles. The smallest absolute Gasteiger partial charge is 0.335 e. The van der Waals surface area contributed by atoms with Gasteiger partial charge in [0, 0.05) is 0 Å². The number of nitrogen functional groups attached to an aromatic ring is 1. The van der Waals surface area contributed by atoms with Crippen molar-refractivity contribution in [1.82, 2.24) is 0 Å². The monoisotopic (exact) mass is 290 g/mol. The minimum Gasteiger partial charge on any atom is -0.478 e. The van der Waals surface area contributed by atoms with E-state index < -0.39 is 23.3 Å². The summed E-state index contributed by atoms with van der Waals surface area (Å²) in [5.41, 5.74) is 10.4. The Balaban J connectivity index is 2.48. The molecule has 2 rings (SSSR count). The van der Waals surface area contributed by atoms with E-state index in [0.29, 0.717) is 0 Å². The van der Waals surface area contributed by atoms with Gasteiger partial charge in [0.25, 0.3) is 5.91 Å². The second-order valence-corrected chi connectivity index (χ2v) is 4.14. The summed E-state index contributed by atoms with van der Waals surface area (Å²) in [7, 11) is 0. The van der Waals surface area contributed by atoms with Crippen LogP contribution in [-0.4, -0.2) is 17.0 Å². The lowest BCUT2D eigenvalue weighted by atomic mass is 10.1. The van der Waals surface area contributed by atoms with Crippen LogP contribution in [0.5, 0.6) is 11.5 Å². The fourth-order valence-corrected chi connectivity index (χ4v) is 1.70. The number of halogens is 1. The molecule has 0 aliphatic carbocycles. The summed E-state index contributed by atoms with van der Waals surface area (Å²) in [4.78, 5) is 22.2. The van der Waals surface area contributed by atoms with Crippen molar-refractivity contribution in [3.8, 4) is 11.5 Å². The van der Waals surface area contributed by atoms with Crippen molar-refractivity contribution >= 4 is 17.6 Å². The van der Waals surface area contributed by atoms with E-state index in [9.17, 15) is 14.0 Å². The number of nitrogens with two attached hydrogens (primary N) is 2. The molecule has 0 saturated heterocycles. The van der Waals surface area contributed by atoms with E-state index in [0.717, 1.165) is 6.07 Å². The van der Waals surface area contributed by atoms with Crippen molar-refractivity contribution in [1.29, 1.82) is 0 Å². The third-order valence-electron chi connectivity index (χ3n) is 2.70. The van der Waals surface area contributed by atoms with Gasteiger partial charge in [0.05, 0.1) is 11.3 Å². The van der Waals surface area contributed by atoms with Gasteiger partial charge in [0.1, 0.15) is 17.1 Å². The predicted octanol–water partition coefficient (Wildman–Crippen LogP) is 2.00. The number of carbonyl (C=O) groups is 2. The molecule has 0 radical (unpaired) electrons.